The van der Waals surface area contributed by atoms with E-state index >= 15 is 0 Å². The Morgan fingerprint density at radius 2 is 1.70 bits per heavy atom. The van der Waals surface area contributed by atoms with Crippen molar-refractivity contribution in [3.8, 4) is 0 Å². The van der Waals surface area contributed by atoms with Crippen molar-refractivity contribution in [3.05, 3.63) is 35.4 Å². The number of hydrogen-bond acceptors (Lipinski definition) is 3. The average Bonchev–Trinajstić information content (AvgIpc) is 3.14. The number of urea groups is 1. The van der Waals surface area contributed by atoms with Crippen LogP contribution in [0.25, 0.3) is 0 Å². The van der Waals surface area contributed by atoms with Crippen molar-refractivity contribution in [2.45, 2.75) is 38.1 Å². The number of carbonyl (C=O) groups is 3. The van der Waals surface area contributed by atoms with Crippen LogP contribution in [0.2, 0.25) is 0 Å². The first-order valence-corrected chi connectivity index (χ1v) is 8.16. The summed E-state index contributed by atoms with van der Waals surface area (Å²) < 4.78 is 0. The van der Waals surface area contributed by atoms with E-state index in [1.807, 2.05) is 0 Å². The Kier molecular flexibility index (Phi) is 4.60. The maximum absolute atomic E-state index is 12.2. The van der Waals surface area contributed by atoms with Crippen LogP contribution in [-0.4, -0.2) is 41.9 Å². The van der Waals surface area contributed by atoms with Crippen molar-refractivity contribution in [2.24, 2.45) is 0 Å². The molecule has 6 heteroatoms. The lowest BCUT2D eigenvalue weighted by Gasteiger charge is -2.15. The van der Waals surface area contributed by atoms with Gasteiger partial charge in [-0.1, -0.05) is 25.0 Å². The first-order chi connectivity index (χ1) is 11.2. The maximum Gasteiger partial charge on any atom is 0.315 e. The number of carbonyl (C=O) groups excluding carboxylic acids is 3. The van der Waals surface area contributed by atoms with Crippen LogP contribution >= 0.6 is 0 Å². The molecule has 3 rings (SSSR count). The van der Waals surface area contributed by atoms with Gasteiger partial charge in [0.15, 0.2) is 0 Å². The molecule has 0 radical (unpaired) electrons. The zero-order valence-corrected chi connectivity index (χ0v) is 13.0. The van der Waals surface area contributed by atoms with Crippen LogP contribution in [-0.2, 0) is 0 Å². The molecule has 1 saturated carbocycles. The van der Waals surface area contributed by atoms with Gasteiger partial charge in [-0.2, -0.15) is 0 Å². The smallest absolute Gasteiger partial charge is 0.315 e. The van der Waals surface area contributed by atoms with Gasteiger partial charge < -0.3 is 10.6 Å². The van der Waals surface area contributed by atoms with E-state index < -0.39 is 0 Å². The number of amides is 4. The van der Waals surface area contributed by atoms with Gasteiger partial charge in [0, 0.05) is 19.1 Å². The van der Waals surface area contributed by atoms with E-state index in [0.29, 0.717) is 30.6 Å². The zero-order chi connectivity index (χ0) is 16.2. The van der Waals surface area contributed by atoms with Gasteiger partial charge in [0.1, 0.15) is 0 Å². The monoisotopic (exact) mass is 315 g/mol. The number of fused-ring (bicyclic) bond motifs is 1. The number of nitrogens with one attached hydrogen (secondary N) is 2. The largest absolute Gasteiger partial charge is 0.338 e. The summed E-state index contributed by atoms with van der Waals surface area (Å²) in [6.07, 6.45) is 4.98. The molecule has 1 aliphatic carbocycles. The minimum absolute atomic E-state index is 0.167. The van der Waals surface area contributed by atoms with Gasteiger partial charge in [-0.25, -0.2) is 4.79 Å². The normalized spacial score (nSPS) is 17.5. The Morgan fingerprint density at radius 1 is 1.09 bits per heavy atom. The molecule has 1 heterocycles. The highest BCUT2D eigenvalue weighted by atomic mass is 16.2. The molecule has 0 aromatic heterocycles. The standard InChI is InChI=1S/C17H21N3O3/c21-15-13-8-3-4-9-14(13)16(22)20(15)11-5-10-18-17(23)19-12-6-1-2-7-12/h3-4,8-9,12H,1-2,5-7,10-11H2,(H2,18,19,23). The summed E-state index contributed by atoms with van der Waals surface area (Å²) in [7, 11) is 0. The van der Waals surface area contributed by atoms with E-state index in [0.717, 1.165) is 12.8 Å². The molecule has 0 bridgehead atoms. The van der Waals surface area contributed by atoms with Gasteiger partial charge in [0.2, 0.25) is 0 Å². The summed E-state index contributed by atoms with van der Waals surface area (Å²) >= 11 is 0. The summed E-state index contributed by atoms with van der Waals surface area (Å²) in [6, 6.07) is 6.96. The van der Waals surface area contributed by atoms with Crippen molar-refractivity contribution in [2.75, 3.05) is 13.1 Å². The zero-order valence-electron chi connectivity index (χ0n) is 13.0. The lowest BCUT2D eigenvalue weighted by atomic mass is 10.1. The second kappa shape index (κ2) is 6.81. The summed E-state index contributed by atoms with van der Waals surface area (Å²) in [5.74, 6) is -0.498. The molecule has 122 valence electrons. The van der Waals surface area contributed by atoms with Crippen molar-refractivity contribution in [1.82, 2.24) is 15.5 Å². The molecule has 2 aliphatic rings. The molecular formula is C17H21N3O3. The Morgan fingerprint density at radius 3 is 2.30 bits per heavy atom. The number of nitrogens with zero attached hydrogens (tertiary/aromatic N) is 1. The second-order valence-electron chi connectivity index (χ2n) is 6.04. The fourth-order valence-corrected chi connectivity index (χ4v) is 3.19. The topological polar surface area (TPSA) is 78.5 Å². The van der Waals surface area contributed by atoms with Crippen molar-refractivity contribution < 1.29 is 14.4 Å². The number of imide groups is 1. The Labute approximate surface area is 135 Å². The lowest BCUT2D eigenvalue weighted by molar-refractivity contribution is 0.0653. The van der Waals surface area contributed by atoms with E-state index in [1.54, 1.807) is 24.3 Å². The van der Waals surface area contributed by atoms with E-state index in [2.05, 4.69) is 10.6 Å². The average molecular weight is 315 g/mol. The minimum Gasteiger partial charge on any atom is -0.338 e. The van der Waals surface area contributed by atoms with Crippen molar-refractivity contribution >= 4 is 17.8 Å². The third-order valence-corrected chi connectivity index (χ3v) is 4.41. The van der Waals surface area contributed by atoms with Gasteiger partial charge in [-0.05, 0) is 31.4 Å². The second-order valence-corrected chi connectivity index (χ2v) is 6.04. The van der Waals surface area contributed by atoms with E-state index in [9.17, 15) is 14.4 Å². The Hall–Kier alpha value is -2.37. The van der Waals surface area contributed by atoms with Gasteiger partial charge in [0.05, 0.1) is 11.1 Å². The first-order valence-electron chi connectivity index (χ1n) is 8.16. The summed E-state index contributed by atoms with van der Waals surface area (Å²) in [5.41, 5.74) is 0.925. The predicted molar refractivity (Wildman–Crippen MR) is 85.2 cm³/mol. The number of rotatable bonds is 5. The highest BCUT2D eigenvalue weighted by Gasteiger charge is 2.34. The maximum atomic E-state index is 12.2. The third-order valence-electron chi connectivity index (χ3n) is 4.41. The molecular weight excluding hydrogens is 294 g/mol. The molecule has 6 nitrogen and oxygen atoms in total. The van der Waals surface area contributed by atoms with Gasteiger partial charge in [-0.15, -0.1) is 0 Å². The minimum atomic E-state index is -0.249. The Bertz CT molecular complexity index is 588. The van der Waals surface area contributed by atoms with E-state index in [4.69, 9.17) is 0 Å². The van der Waals surface area contributed by atoms with Gasteiger partial charge >= 0.3 is 6.03 Å². The molecule has 1 fully saturated rings. The molecule has 0 spiro atoms. The van der Waals surface area contributed by atoms with Crippen LogP contribution in [0.4, 0.5) is 4.79 Å². The van der Waals surface area contributed by atoms with Crippen LogP contribution in [0, 0.1) is 0 Å². The number of hydrogen-bond donors (Lipinski definition) is 2. The third kappa shape index (κ3) is 3.36. The van der Waals surface area contributed by atoms with Crippen LogP contribution < -0.4 is 10.6 Å². The van der Waals surface area contributed by atoms with Crippen molar-refractivity contribution in [3.63, 3.8) is 0 Å². The quantitative estimate of drug-likeness (QED) is 0.643. The molecule has 1 aromatic rings. The fraction of sp³-hybridized carbons (Fsp3) is 0.471. The molecule has 1 aliphatic heterocycles. The summed E-state index contributed by atoms with van der Waals surface area (Å²) in [5, 5.41) is 5.73. The van der Waals surface area contributed by atoms with Crippen LogP contribution in [0.3, 0.4) is 0 Å². The first kappa shape index (κ1) is 15.5. The molecule has 1 aromatic carbocycles. The molecule has 0 unspecified atom stereocenters. The fourth-order valence-electron chi connectivity index (χ4n) is 3.19. The van der Waals surface area contributed by atoms with Crippen LogP contribution in [0.15, 0.2) is 24.3 Å². The molecule has 23 heavy (non-hydrogen) atoms. The Balaban J connectivity index is 1.42. The summed E-state index contributed by atoms with van der Waals surface area (Å²) in [4.78, 5) is 37.3. The SMILES string of the molecule is O=C(NCCCN1C(=O)c2ccccc2C1=O)NC1CCCC1. The van der Waals surface area contributed by atoms with Crippen LogP contribution in [0.1, 0.15) is 52.8 Å². The molecule has 0 atom stereocenters. The van der Waals surface area contributed by atoms with Crippen molar-refractivity contribution in [1.29, 1.82) is 0 Å². The highest BCUT2D eigenvalue weighted by Crippen LogP contribution is 2.22. The summed E-state index contributed by atoms with van der Waals surface area (Å²) in [6.45, 7) is 0.752. The molecule has 4 amide bonds. The van der Waals surface area contributed by atoms with Gasteiger partial charge in [0.25, 0.3) is 11.8 Å². The lowest BCUT2D eigenvalue weighted by Crippen LogP contribution is -2.42. The van der Waals surface area contributed by atoms with Crippen LogP contribution in [0.5, 0.6) is 0 Å². The molecule has 0 saturated heterocycles. The highest BCUT2D eigenvalue weighted by molar-refractivity contribution is 6.21. The van der Waals surface area contributed by atoms with E-state index in [-0.39, 0.29) is 23.9 Å². The number of benzene rings is 1. The predicted octanol–water partition coefficient (Wildman–Crippen LogP) is 1.91. The van der Waals surface area contributed by atoms with Gasteiger partial charge in [-0.3, -0.25) is 14.5 Å². The van der Waals surface area contributed by atoms with E-state index in [1.165, 1.54) is 17.7 Å². The molecule has 2 N–H and O–H groups in total.